The predicted molar refractivity (Wildman–Crippen MR) is 77.8 cm³/mol. The Bertz CT molecular complexity index is 412. The maximum Gasteiger partial charge on any atom is 0.126 e. The summed E-state index contributed by atoms with van der Waals surface area (Å²) in [5.41, 5.74) is 1.58. The lowest BCUT2D eigenvalue weighted by molar-refractivity contribution is -0.0351. The highest BCUT2D eigenvalue weighted by atomic mass is 19.1. The number of halogens is 1. The van der Waals surface area contributed by atoms with E-state index in [0.29, 0.717) is 12.2 Å². The van der Waals surface area contributed by atoms with Crippen molar-refractivity contribution in [3.8, 4) is 0 Å². The summed E-state index contributed by atoms with van der Waals surface area (Å²) in [7, 11) is 1.89. The first kappa shape index (κ1) is 16.1. The third kappa shape index (κ3) is 4.02. The van der Waals surface area contributed by atoms with Crippen LogP contribution in [-0.4, -0.2) is 19.8 Å². The van der Waals surface area contributed by atoms with E-state index in [0.717, 1.165) is 5.56 Å². The van der Waals surface area contributed by atoms with Crippen LogP contribution in [0.3, 0.4) is 0 Å². The van der Waals surface area contributed by atoms with Crippen LogP contribution in [0, 0.1) is 18.2 Å². The standard InChI is InChI=1S/C16H26FNO/c1-7-19-15(16(3,4)5)14(18-6)12-9-8-11(2)13(17)10-12/h8-10,14-15,18H,7H2,1-6H3. The maximum absolute atomic E-state index is 13.8. The van der Waals surface area contributed by atoms with Gasteiger partial charge in [0.2, 0.25) is 0 Å². The van der Waals surface area contributed by atoms with Gasteiger partial charge in [0.05, 0.1) is 12.1 Å². The molecule has 1 aromatic rings. The van der Waals surface area contributed by atoms with Crippen LogP contribution in [-0.2, 0) is 4.74 Å². The minimum atomic E-state index is -0.165. The summed E-state index contributed by atoms with van der Waals surface area (Å²) in [6.45, 7) is 10.8. The zero-order valence-electron chi connectivity index (χ0n) is 12.9. The second kappa shape index (κ2) is 6.49. The molecule has 0 aromatic heterocycles. The van der Waals surface area contributed by atoms with Gasteiger partial charge in [-0.2, -0.15) is 0 Å². The lowest BCUT2D eigenvalue weighted by Crippen LogP contribution is -2.41. The first-order chi connectivity index (χ1) is 8.81. The molecule has 0 spiro atoms. The summed E-state index contributed by atoms with van der Waals surface area (Å²) in [5.74, 6) is -0.165. The molecule has 0 radical (unpaired) electrons. The van der Waals surface area contributed by atoms with Gasteiger partial charge in [-0.05, 0) is 43.5 Å². The molecule has 0 bridgehead atoms. The molecule has 0 saturated carbocycles. The van der Waals surface area contributed by atoms with Gasteiger partial charge in [-0.3, -0.25) is 0 Å². The Balaban J connectivity index is 3.12. The van der Waals surface area contributed by atoms with Crippen molar-refractivity contribution in [3.63, 3.8) is 0 Å². The van der Waals surface area contributed by atoms with Crippen molar-refractivity contribution in [3.05, 3.63) is 35.1 Å². The van der Waals surface area contributed by atoms with Crippen LogP contribution in [0.4, 0.5) is 4.39 Å². The van der Waals surface area contributed by atoms with Crippen molar-refractivity contribution in [2.24, 2.45) is 5.41 Å². The molecule has 108 valence electrons. The van der Waals surface area contributed by atoms with Crippen LogP contribution in [0.5, 0.6) is 0 Å². The van der Waals surface area contributed by atoms with Gasteiger partial charge in [-0.15, -0.1) is 0 Å². The summed E-state index contributed by atoms with van der Waals surface area (Å²) in [4.78, 5) is 0. The Labute approximate surface area is 116 Å². The largest absolute Gasteiger partial charge is 0.376 e. The summed E-state index contributed by atoms with van der Waals surface area (Å²) >= 11 is 0. The van der Waals surface area contributed by atoms with Gasteiger partial charge < -0.3 is 10.1 Å². The van der Waals surface area contributed by atoms with Crippen molar-refractivity contribution < 1.29 is 9.13 Å². The van der Waals surface area contributed by atoms with E-state index < -0.39 is 0 Å². The van der Waals surface area contributed by atoms with Crippen LogP contribution in [0.2, 0.25) is 0 Å². The highest BCUT2D eigenvalue weighted by Crippen LogP contribution is 2.33. The number of rotatable bonds is 5. The van der Waals surface area contributed by atoms with Gasteiger partial charge in [-0.25, -0.2) is 4.39 Å². The molecule has 0 saturated heterocycles. The number of nitrogens with one attached hydrogen (secondary N) is 1. The van der Waals surface area contributed by atoms with Crippen molar-refractivity contribution in [1.29, 1.82) is 0 Å². The molecule has 2 nitrogen and oxygen atoms in total. The molecule has 0 aliphatic carbocycles. The van der Waals surface area contributed by atoms with E-state index in [-0.39, 0.29) is 23.4 Å². The fraction of sp³-hybridized carbons (Fsp3) is 0.625. The van der Waals surface area contributed by atoms with E-state index in [1.165, 1.54) is 0 Å². The van der Waals surface area contributed by atoms with E-state index >= 15 is 0 Å². The van der Waals surface area contributed by atoms with Gasteiger partial charge in [0.25, 0.3) is 0 Å². The van der Waals surface area contributed by atoms with Gasteiger partial charge in [0.1, 0.15) is 5.82 Å². The van der Waals surface area contributed by atoms with Crippen LogP contribution in [0.15, 0.2) is 18.2 Å². The van der Waals surface area contributed by atoms with E-state index in [1.807, 2.05) is 26.1 Å². The fourth-order valence-electron chi connectivity index (χ4n) is 2.32. The average Bonchev–Trinajstić information content (AvgIpc) is 2.32. The third-order valence-electron chi connectivity index (χ3n) is 3.37. The zero-order valence-corrected chi connectivity index (χ0v) is 12.9. The van der Waals surface area contributed by atoms with Crippen LogP contribution >= 0.6 is 0 Å². The average molecular weight is 267 g/mol. The van der Waals surface area contributed by atoms with Crippen molar-refractivity contribution in [2.45, 2.75) is 46.8 Å². The number of benzene rings is 1. The topological polar surface area (TPSA) is 21.3 Å². The Kier molecular flexibility index (Phi) is 5.50. The maximum atomic E-state index is 13.8. The molecule has 0 fully saturated rings. The Morgan fingerprint density at radius 3 is 2.37 bits per heavy atom. The lowest BCUT2D eigenvalue weighted by Gasteiger charge is -2.37. The third-order valence-corrected chi connectivity index (χ3v) is 3.37. The molecule has 0 aliphatic heterocycles. The Morgan fingerprint density at radius 1 is 1.32 bits per heavy atom. The molecule has 19 heavy (non-hydrogen) atoms. The summed E-state index contributed by atoms with van der Waals surface area (Å²) in [6.07, 6.45) is -0.00962. The summed E-state index contributed by atoms with van der Waals surface area (Å²) in [5, 5.41) is 3.26. The molecule has 0 aliphatic rings. The minimum absolute atomic E-state index is 0.00962. The van der Waals surface area contributed by atoms with Crippen LogP contribution < -0.4 is 5.32 Å². The van der Waals surface area contributed by atoms with Crippen molar-refractivity contribution in [2.75, 3.05) is 13.7 Å². The molecule has 0 heterocycles. The van der Waals surface area contributed by atoms with Gasteiger partial charge >= 0.3 is 0 Å². The quantitative estimate of drug-likeness (QED) is 0.875. The Morgan fingerprint density at radius 2 is 1.95 bits per heavy atom. The molecular formula is C16H26FNO. The molecule has 1 rings (SSSR count). The highest BCUT2D eigenvalue weighted by Gasteiger charge is 2.33. The SMILES string of the molecule is CCOC(C(NC)c1ccc(C)c(F)c1)C(C)(C)C. The Hall–Kier alpha value is -0.930. The van der Waals surface area contributed by atoms with E-state index in [4.69, 9.17) is 4.74 Å². The normalized spacial score (nSPS) is 15.3. The predicted octanol–water partition coefficient (Wildman–Crippen LogP) is 3.85. The lowest BCUT2D eigenvalue weighted by atomic mass is 9.82. The zero-order chi connectivity index (χ0) is 14.6. The molecular weight excluding hydrogens is 241 g/mol. The summed E-state index contributed by atoms with van der Waals surface area (Å²) in [6, 6.07) is 5.38. The number of ether oxygens (including phenoxy) is 1. The number of likely N-dealkylation sites (N-methyl/N-ethyl adjacent to an activating group) is 1. The highest BCUT2D eigenvalue weighted by molar-refractivity contribution is 5.27. The van der Waals surface area contributed by atoms with Crippen LogP contribution in [0.1, 0.15) is 44.9 Å². The number of aryl methyl sites for hydroxylation is 1. The molecule has 3 heteroatoms. The van der Waals surface area contributed by atoms with E-state index in [1.54, 1.807) is 13.0 Å². The first-order valence-electron chi connectivity index (χ1n) is 6.86. The number of hydrogen-bond acceptors (Lipinski definition) is 2. The van der Waals surface area contributed by atoms with E-state index in [9.17, 15) is 4.39 Å². The molecule has 2 unspecified atom stereocenters. The van der Waals surface area contributed by atoms with Gasteiger partial charge in [0.15, 0.2) is 0 Å². The molecule has 0 amide bonds. The second-order valence-corrected chi connectivity index (χ2v) is 6.02. The fourth-order valence-corrected chi connectivity index (χ4v) is 2.32. The minimum Gasteiger partial charge on any atom is -0.376 e. The van der Waals surface area contributed by atoms with Crippen molar-refractivity contribution >= 4 is 0 Å². The smallest absolute Gasteiger partial charge is 0.126 e. The van der Waals surface area contributed by atoms with Crippen molar-refractivity contribution in [1.82, 2.24) is 5.32 Å². The molecule has 1 aromatic carbocycles. The monoisotopic (exact) mass is 267 g/mol. The van der Waals surface area contributed by atoms with E-state index in [2.05, 4.69) is 26.1 Å². The number of hydrogen-bond donors (Lipinski definition) is 1. The summed E-state index contributed by atoms with van der Waals surface area (Å²) < 4.78 is 19.7. The van der Waals surface area contributed by atoms with Crippen LogP contribution in [0.25, 0.3) is 0 Å². The van der Waals surface area contributed by atoms with Gasteiger partial charge in [-0.1, -0.05) is 32.9 Å². The molecule has 1 N–H and O–H groups in total. The molecule has 2 atom stereocenters. The van der Waals surface area contributed by atoms with Gasteiger partial charge in [0, 0.05) is 6.61 Å². The second-order valence-electron chi connectivity index (χ2n) is 6.02. The first-order valence-corrected chi connectivity index (χ1v) is 6.86.